The quantitative estimate of drug-likeness (QED) is 0.419. The minimum absolute atomic E-state index is 0.377. The second-order valence-corrected chi connectivity index (χ2v) is 6.95. The van der Waals surface area contributed by atoms with E-state index in [9.17, 15) is 9.59 Å². The van der Waals surface area contributed by atoms with Gasteiger partial charge in [-0.05, 0) is 74.2 Å². The Morgan fingerprint density at radius 3 is 1.90 bits per heavy atom. The fourth-order valence-corrected chi connectivity index (χ4v) is 2.36. The molecule has 5 N–H and O–H groups in total. The van der Waals surface area contributed by atoms with E-state index in [4.69, 9.17) is 16.2 Å². The maximum Gasteiger partial charge on any atom is 0.330 e. The number of hydrogen-bond donors (Lipinski definition) is 3. The molecule has 2 aromatic carbocycles. The normalized spacial score (nSPS) is 11.2. The summed E-state index contributed by atoms with van der Waals surface area (Å²) in [6, 6.07) is 12.9. The van der Waals surface area contributed by atoms with Crippen LogP contribution in [0.1, 0.15) is 35.3 Å². The number of rotatable bonds is 4. The average molecular weight is 389 g/mol. The van der Waals surface area contributed by atoms with Gasteiger partial charge in [0, 0.05) is 27.9 Å². The first kappa shape index (κ1) is 21.6. The van der Waals surface area contributed by atoms with Gasteiger partial charge in [0.1, 0.15) is 6.04 Å². The van der Waals surface area contributed by atoms with Crippen LogP contribution in [0, 0.1) is 23.7 Å². The van der Waals surface area contributed by atoms with Gasteiger partial charge in [-0.25, -0.2) is 4.79 Å². The number of nitrogens with two attached hydrogens (primary N) is 2. The van der Waals surface area contributed by atoms with E-state index < -0.39 is 23.5 Å². The lowest BCUT2D eigenvalue weighted by Crippen LogP contribution is -2.59. The Morgan fingerprint density at radius 1 is 0.966 bits per heavy atom. The smallest absolute Gasteiger partial charge is 0.330 e. The second-order valence-electron chi connectivity index (χ2n) is 6.95. The number of benzene rings is 2. The molecule has 29 heavy (non-hydrogen) atoms. The van der Waals surface area contributed by atoms with E-state index in [1.54, 1.807) is 50.2 Å². The first-order valence-electron chi connectivity index (χ1n) is 8.86. The van der Waals surface area contributed by atoms with E-state index in [1.165, 1.54) is 7.11 Å². The van der Waals surface area contributed by atoms with Gasteiger partial charge in [-0.1, -0.05) is 11.8 Å². The van der Waals surface area contributed by atoms with E-state index in [-0.39, 0.29) is 0 Å². The maximum atomic E-state index is 12.4. The number of nitrogens with one attached hydrogen (secondary N) is 1. The average Bonchev–Trinajstić information content (AvgIpc) is 2.69. The summed E-state index contributed by atoms with van der Waals surface area (Å²) < 4.78 is 4.72. The second kappa shape index (κ2) is 9.45. The largest absolute Gasteiger partial charge is 0.467 e. The highest BCUT2D eigenvalue weighted by Gasteiger charge is 2.34. The molecule has 0 bridgehead atoms. The highest BCUT2D eigenvalue weighted by molar-refractivity contribution is 5.97. The molecule has 0 aromatic heterocycles. The number of esters is 1. The van der Waals surface area contributed by atoms with Gasteiger partial charge in [0.25, 0.3) is 5.91 Å². The van der Waals surface area contributed by atoms with Crippen molar-refractivity contribution >= 4 is 17.6 Å². The van der Waals surface area contributed by atoms with E-state index in [2.05, 4.69) is 29.0 Å². The van der Waals surface area contributed by atoms with Crippen molar-refractivity contribution in [1.82, 2.24) is 5.32 Å². The highest BCUT2D eigenvalue weighted by atomic mass is 16.5. The molecule has 0 aliphatic heterocycles. The van der Waals surface area contributed by atoms with E-state index in [0.29, 0.717) is 16.8 Å². The molecule has 0 unspecified atom stereocenters. The zero-order valence-electron chi connectivity index (χ0n) is 16.6. The molecule has 0 aliphatic rings. The van der Waals surface area contributed by atoms with Crippen LogP contribution in [0.2, 0.25) is 0 Å². The van der Waals surface area contributed by atoms with Crippen LogP contribution in [0.25, 0.3) is 0 Å². The zero-order valence-corrected chi connectivity index (χ0v) is 16.6. The van der Waals surface area contributed by atoms with Crippen molar-refractivity contribution < 1.29 is 14.3 Å². The first-order valence-corrected chi connectivity index (χ1v) is 8.86. The van der Waals surface area contributed by atoms with Crippen LogP contribution in [0.4, 0.5) is 5.69 Å². The molecule has 0 radical (unpaired) electrons. The molecule has 0 heterocycles. The molecule has 1 amide bonds. The number of methoxy groups -OCH3 is 1. The molecule has 0 aliphatic carbocycles. The molecule has 2 aromatic rings. The van der Waals surface area contributed by atoms with Gasteiger partial charge in [0.2, 0.25) is 0 Å². The van der Waals surface area contributed by atoms with Gasteiger partial charge in [0.05, 0.1) is 7.11 Å². The molecular formula is C23H23N3O3. The fraction of sp³-hybridized carbons (Fsp3) is 0.217. The SMILES string of the molecule is COC(=O)[C@@H](NC(=O)c1ccc(C#CC#Cc2ccc(N)cc2)cc1)C(C)(C)N. The Bertz CT molecular complexity index is 996. The summed E-state index contributed by atoms with van der Waals surface area (Å²) in [6.07, 6.45) is 0. The Morgan fingerprint density at radius 2 is 1.45 bits per heavy atom. The number of amides is 1. The molecule has 2 rings (SSSR count). The van der Waals surface area contributed by atoms with Crippen molar-refractivity contribution in [3.05, 3.63) is 65.2 Å². The van der Waals surface area contributed by atoms with Gasteiger partial charge < -0.3 is 21.5 Å². The molecule has 0 fully saturated rings. The highest BCUT2D eigenvalue weighted by Crippen LogP contribution is 2.10. The van der Waals surface area contributed by atoms with E-state index in [0.717, 1.165) is 5.56 Å². The molecule has 1 atom stereocenters. The van der Waals surface area contributed by atoms with Crippen molar-refractivity contribution in [2.75, 3.05) is 12.8 Å². The lowest BCUT2D eigenvalue weighted by Gasteiger charge is -2.28. The zero-order chi connectivity index (χ0) is 21.4. The molecule has 6 nitrogen and oxygen atoms in total. The lowest BCUT2D eigenvalue weighted by atomic mass is 9.95. The molecule has 148 valence electrons. The summed E-state index contributed by atoms with van der Waals surface area (Å²) in [6.45, 7) is 3.28. The van der Waals surface area contributed by atoms with Crippen LogP contribution in [-0.4, -0.2) is 30.6 Å². The van der Waals surface area contributed by atoms with Crippen LogP contribution in [-0.2, 0) is 9.53 Å². The number of hydrogen-bond acceptors (Lipinski definition) is 5. The summed E-state index contributed by atoms with van der Waals surface area (Å²) in [5.74, 6) is 10.3. The third-order valence-corrected chi connectivity index (χ3v) is 3.99. The van der Waals surface area contributed by atoms with Crippen molar-refractivity contribution in [2.45, 2.75) is 25.4 Å². The van der Waals surface area contributed by atoms with Gasteiger partial charge in [-0.3, -0.25) is 4.79 Å². The van der Waals surface area contributed by atoms with Gasteiger partial charge in [0.15, 0.2) is 0 Å². The summed E-state index contributed by atoms with van der Waals surface area (Å²) in [5.41, 5.74) is 13.2. The van der Waals surface area contributed by atoms with Crippen molar-refractivity contribution in [1.29, 1.82) is 0 Å². The topological polar surface area (TPSA) is 107 Å². The van der Waals surface area contributed by atoms with E-state index >= 15 is 0 Å². The number of nitrogen functional groups attached to an aromatic ring is 1. The molecule has 0 saturated carbocycles. The number of anilines is 1. The van der Waals surface area contributed by atoms with E-state index in [1.807, 2.05) is 12.1 Å². The first-order chi connectivity index (χ1) is 13.7. The monoisotopic (exact) mass is 389 g/mol. The predicted octanol–water partition coefficient (Wildman–Crippen LogP) is 1.68. The molecule has 6 heteroatoms. The summed E-state index contributed by atoms with van der Waals surface area (Å²) in [5, 5.41) is 2.61. The molecule has 0 spiro atoms. The minimum atomic E-state index is -0.975. The Kier molecular flexibility index (Phi) is 7.03. The third kappa shape index (κ3) is 6.42. The summed E-state index contributed by atoms with van der Waals surface area (Å²) >= 11 is 0. The Balaban J connectivity index is 2.06. The molecule has 0 saturated heterocycles. The van der Waals surface area contributed by atoms with Crippen LogP contribution in [0.15, 0.2) is 48.5 Å². The maximum absolute atomic E-state index is 12.4. The summed E-state index contributed by atoms with van der Waals surface area (Å²) in [7, 11) is 1.25. The van der Waals surface area contributed by atoms with Gasteiger partial charge in [-0.2, -0.15) is 0 Å². The molecular weight excluding hydrogens is 366 g/mol. The van der Waals surface area contributed by atoms with Crippen LogP contribution >= 0.6 is 0 Å². The number of carbonyl (C=O) groups excluding carboxylic acids is 2. The van der Waals surface area contributed by atoms with Crippen LogP contribution in [0.3, 0.4) is 0 Å². The lowest BCUT2D eigenvalue weighted by molar-refractivity contribution is -0.144. The standard InChI is InChI=1S/C23H23N3O3/c1-23(2,25)20(22(28)29-3)26-21(27)18-12-8-16(9-13-18)6-4-5-7-17-10-14-19(24)15-11-17/h8-15,20H,24-25H2,1-3H3,(H,26,27)/t20-/m1/s1. The van der Waals surface area contributed by atoms with Gasteiger partial charge in [-0.15, -0.1) is 0 Å². The van der Waals surface area contributed by atoms with Crippen LogP contribution in [0.5, 0.6) is 0 Å². The van der Waals surface area contributed by atoms with Gasteiger partial charge >= 0.3 is 5.97 Å². The number of carbonyl (C=O) groups is 2. The Hall–Kier alpha value is -3.74. The van der Waals surface area contributed by atoms with Crippen molar-refractivity contribution in [2.24, 2.45) is 5.73 Å². The van der Waals surface area contributed by atoms with Crippen molar-refractivity contribution in [3.63, 3.8) is 0 Å². The predicted molar refractivity (Wildman–Crippen MR) is 113 cm³/mol. The number of ether oxygens (including phenoxy) is 1. The van der Waals surface area contributed by atoms with Crippen molar-refractivity contribution in [3.8, 4) is 23.7 Å². The third-order valence-electron chi connectivity index (χ3n) is 3.99. The van der Waals surface area contributed by atoms with Crippen LogP contribution < -0.4 is 16.8 Å². The Labute approximate surface area is 170 Å². The summed E-state index contributed by atoms with van der Waals surface area (Å²) in [4.78, 5) is 24.3. The minimum Gasteiger partial charge on any atom is -0.467 e. The fourth-order valence-electron chi connectivity index (χ4n) is 2.36.